The predicted octanol–water partition coefficient (Wildman–Crippen LogP) is 2.56. The van der Waals surface area contributed by atoms with E-state index in [9.17, 15) is 23.2 Å². The van der Waals surface area contributed by atoms with Crippen LogP contribution in [0.5, 0.6) is 17.2 Å². The van der Waals surface area contributed by atoms with Crippen LogP contribution < -0.4 is 19.5 Å². The van der Waals surface area contributed by atoms with Crippen molar-refractivity contribution in [2.45, 2.75) is 6.61 Å². The molecule has 2 rings (SSSR count). The largest absolute Gasteiger partial charge is 0.497 e. The van der Waals surface area contributed by atoms with Crippen LogP contribution in [0.4, 0.5) is 14.5 Å². The second-order valence-corrected chi connectivity index (χ2v) is 6.32. The monoisotopic (exact) mass is 452 g/mol. The zero-order valence-electron chi connectivity index (χ0n) is 17.6. The van der Waals surface area contributed by atoms with E-state index in [1.165, 1.54) is 39.5 Å². The Morgan fingerprint density at radius 2 is 1.78 bits per heavy atom. The number of carbonyl (C=O) groups is 3. The molecule has 172 valence electrons. The molecule has 0 heterocycles. The highest BCUT2D eigenvalue weighted by Crippen LogP contribution is 2.32. The number of amides is 2. The Balaban J connectivity index is 1.94. The first-order chi connectivity index (χ1) is 15.2. The van der Waals surface area contributed by atoms with E-state index in [0.29, 0.717) is 11.4 Å². The van der Waals surface area contributed by atoms with E-state index < -0.39 is 36.8 Å². The Hall–Kier alpha value is -3.89. The average molecular weight is 452 g/mol. The smallest absolute Gasteiger partial charge is 0.387 e. The van der Waals surface area contributed by atoms with E-state index in [1.54, 1.807) is 24.3 Å². The van der Waals surface area contributed by atoms with Crippen molar-refractivity contribution in [1.82, 2.24) is 4.90 Å². The summed E-state index contributed by atoms with van der Waals surface area (Å²) in [6, 6.07) is 10.6. The Labute approximate surface area is 182 Å². The van der Waals surface area contributed by atoms with Crippen molar-refractivity contribution in [3.8, 4) is 17.2 Å². The molecule has 9 nitrogen and oxygen atoms in total. The number of benzene rings is 2. The van der Waals surface area contributed by atoms with Crippen molar-refractivity contribution in [3.05, 3.63) is 48.0 Å². The highest BCUT2D eigenvalue weighted by atomic mass is 19.3. The summed E-state index contributed by atoms with van der Waals surface area (Å²) < 4.78 is 44.6. The van der Waals surface area contributed by atoms with E-state index in [4.69, 9.17) is 14.2 Å². The quantitative estimate of drug-likeness (QED) is 0.553. The Kier molecular flexibility index (Phi) is 8.75. The van der Waals surface area contributed by atoms with Crippen LogP contribution in [-0.4, -0.2) is 63.7 Å². The summed E-state index contributed by atoms with van der Waals surface area (Å²) in [7, 11) is 4.05. The minimum atomic E-state index is -3.20. The first-order valence-electron chi connectivity index (χ1n) is 9.22. The van der Waals surface area contributed by atoms with Gasteiger partial charge in [-0.05, 0) is 24.3 Å². The minimum absolute atomic E-state index is 0.0996. The summed E-state index contributed by atoms with van der Waals surface area (Å²) in [5.74, 6) is -2.29. The third kappa shape index (κ3) is 6.83. The first-order valence-corrected chi connectivity index (χ1v) is 9.22. The lowest BCUT2D eigenvalue weighted by atomic mass is 10.2. The van der Waals surface area contributed by atoms with E-state index in [0.717, 1.165) is 4.90 Å². The summed E-state index contributed by atoms with van der Waals surface area (Å²) in [4.78, 5) is 37.7. The van der Waals surface area contributed by atoms with Crippen molar-refractivity contribution in [2.75, 3.05) is 39.7 Å². The Morgan fingerprint density at radius 3 is 2.44 bits per heavy atom. The van der Waals surface area contributed by atoms with Crippen molar-refractivity contribution in [1.29, 1.82) is 0 Å². The van der Waals surface area contributed by atoms with Gasteiger partial charge in [0, 0.05) is 18.8 Å². The maximum atomic E-state index is 12.7. The molecule has 0 bridgehead atoms. The number of rotatable bonds is 10. The number of hydrogen-bond acceptors (Lipinski definition) is 7. The van der Waals surface area contributed by atoms with Gasteiger partial charge in [0.1, 0.15) is 11.3 Å². The number of methoxy groups -OCH3 is 2. The van der Waals surface area contributed by atoms with E-state index >= 15 is 0 Å². The predicted molar refractivity (Wildman–Crippen MR) is 109 cm³/mol. The number of alkyl halides is 2. The molecule has 0 radical (unpaired) electrons. The molecular formula is C21H22F2N2O7. The Bertz CT molecular complexity index is 969. The molecule has 32 heavy (non-hydrogen) atoms. The van der Waals surface area contributed by atoms with E-state index in [2.05, 4.69) is 10.1 Å². The average Bonchev–Trinajstić information content (AvgIpc) is 2.76. The van der Waals surface area contributed by atoms with Gasteiger partial charge in [0.25, 0.3) is 5.91 Å². The van der Waals surface area contributed by atoms with Gasteiger partial charge in [-0.1, -0.05) is 12.1 Å². The van der Waals surface area contributed by atoms with Crippen molar-refractivity contribution in [3.63, 3.8) is 0 Å². The summed E-state index contributed by atoms with van der Waals surface area (Å²) in [5, 5.41) is 2.61. The van der Waals surface area contributed by atoms with Crippen molar-refractivity contribution >= 4 is 23.5 Å². The molecule has 2 aromatic carbocycles. The number of nitrogens with one attached hydrogen (secondary N) is 1. The van der Waals surface area contributed by atoms with Crippen LogP contribution in [0.3, 0.4) is 0 Å². The highest BCUT2D eigenvalue weighted by Gasteiger charge is 2.23. The number of halogens is 2. The molecule has 0 unspecified atom stereocenters. The molecule has 0 aliphatic carbocycles. The fourth-order valence-corrected chi connectivity index (χ4v) is 2.57. The summed E-state index contributed by atoms with van der Waals surface area (Å²) >= 11 is 0. The number of carbonyl (C=O) groups excluding carboxylic acids is 3. The first kappa shape index (κ1) is 24.4. The minimum Gasteiger partial charge on any atom is -0.497 e. The zero-order valence-corrected chi connectivity index (χ0v) is 17.6. The van der Waals surface area contributed by atoms with Gasteiger partial charge in [-0.15, -0.1) is 0 Å². The van der Waals surface area contributed by atoms with Gasteiger partial charge in [0.05, 0.1) is 20.8 Å². The van der Waals surface area contributed by atoms with Gasteiger partial charge in [0.15, 0.2) is 18.1 Å². The lowest BCUT2D eigenvalue weighted by Gasteiger charge is -2.17. The third-order valence-electron chi connectivity index (χ3n) is 4.11. The van der Waals surface area contributed by atoms with Gasteiger partial charge < -0.3 is 29.2 Å². The van der Waals surface area contributed by atoms with Gasteiger partial charge in [0.2, 0.25) is 5.91 Å². The molecule has 2 aromatic rings. The van der Waals surface area contributed by atoms with E-state index in [1.807, 2.05) is 0 Å². The molecule has 1 N–H and O–H groups in total. The molecule has 0 saturated heterocycles. The Morgan fingerprint density at radius 1 is 1.06 bits per heavy atom. The molecule has 0 aliphatic rings. The lowest BCUT2D eigenvalue weighted by molar-refractivity contribution is -0.136. The summed E-state index contributed by atoms with van der Waals surface area (Å²) in [6.07, 6.45) is 0. The van der Waals surface area contributed by atoms with Crippen LogP contribution in [-0.2, 0) is 14.3 Å². The summed E-state index contributed by atoms with van der Waals surface area (Å²) in [5.41, 5.74) is 0.141. The molecule has 0 aliphatic heterocycles. The molecule has 0 aromatic heterocycles. The molecular weight excluding hydrogens is 430 g/mol. The third-order valence-corrected chi connectivity index (χ3v) is 4.11. The fraction of sp³-hybridized carbons (Fsp3) is 0.286. The number of likely N-dealkylation sites (N-methyl/N-ethyl adjacent to an activating group) is 1. The number of anilines is 1. The SMILES string of the molecule is COc1cccc(NC(=O)CN(C)C(=O)COC(=O)c2cccc(OC)c2OC(F)F)c1. The zero-order chi connectivity index (χ0) is 23.7. The van der Waals surface area contributed by atoms with Crippen LogP contribution in [0.15, 0.2) is 42.5 Å². The number of para-hydroxylation sites is 1. The fourth-order valence-electron chi connectivity index (χ4n) is 2.57. The van der Waals surface area contributed by atoms with Crippen LogP contribution in [0.25, 0.3) is 0 Å². The molecule has 0 saturated carbocycles. The summed E-state index contributed by atoms with van der Waals surface area (Å²) in [6.45, 7) is -4.23. The molecule has 0 spiro atoms. The van der Waals surface area contributed by atoms with Crippen LogP contribution in [0.2, 0.25) is 0 Å². The second kappa shape index (κ2) is 11.5. The highest BCUT2D eigenvalue weighted by molar-refractivity contribution is 5.96. The van der Waals surface area contributed by atoms with E-state index in [-0.39, 0.29) is 17.9 Å². The van der Waals surface area contributed by atoms with Crippen molar-refractivity contribution < 1.29 is 42.1 Å². The number of esters is 1. The number of nitrogens with zero attached hydrogens (tertiary/aromatic N) is 1. The van der Waals surface area contributed by atoms with Crippen molar-refractivity contribution in [2.24, 2.45) is 0 Å². The molecule has 0 atom stereocenters. The van der Waals surface area contributed by atoms with Gasteiger partial charge in [-0.3, -0.25) is 9.59 Å². The van der Waals surface area contributed by atoms with Gasteiger partial charge >= 0.3 is 12.6 Å². The van der Waals surface area contributed by atoms with Crippen LogP contribution in [0.1, 0.15) is 10.4 Å². The number of ether oxygens (including phenoxy) is 4. The molecule has 0 fully saturated rings. The van der Waals surface area contributed by atoms with Gasteiger partial charge in [-0.25, -0.2) is 4.79 Å². The normalized spacial score (nSPS) is 10.3. The van der Waals surface area contributed by atoms with Gasteiger partial charge in [-0.2, -0.15) is 8.78 Å². The number of hydrogen-bond donors (Lipinski definition) is 1. The second-order valence-electron chi connectivity index (χ2n) is 6.32. The topological polar surface area (TPSA) is 103 Å². The van der Waals surface area contributed by atoms with Crippen LogP contribution in [0, 0.1) is 0 Å². The van der Waals surface area contributed by atoms with Crippen LogP contribution >= 0.6 is 0 Å². The molecule has 2 amide bonds. The maximum absolute atomic E-state index is 12.7. The molecule has 11 heteroatoms. The maximum Gasteiger partial charge on any atom is 0.387 e. The lowest BCUT2D eigenvalue weighted by Crippen LogP contribution is -2.37. The standard InChI is InChI=1S/C21H22F2N2O7/c1-25(11-17(26)24-13-6-4-7-14(10-13)29-2)18(27)12-31-20(28)15-8-5-9-16(30-3)19(15)32-21(22)23/h4-10,21H,11-12H2,1-3H3,(H,24,26).